The number of rotatable bonds is 10. The first-order valence-corrected chi connectivity index (χ1v) is 18.5. The van der Waals surface area contributed by atoms with E-state index in [0.717, 1.165) is 70.6 Å². The van der Waals surface area contributed by atoms with Gasteiger partial charge in [-0.1, -0.05) is 95.8 Å². The van der Waals surface area contributed by atoms with Crippen LogP contribution >= 0.6 is 0 Å². The average molecular weight is 874 g/mol. The largest absolute Gasteiger partial charge is 0.512 e. The van der Waals surface area contributed by atoms with E-state index in [9.17, 15) is 9.90 Å². The first-order chi connectivity index (χ1) is 24.4. The minimum atomic E-state index is 0. The molecule has 0 saturated carbocycles. The van der Waals surface area contributed by atoms with E-state index >= 15 is 0 Å². The van der Waals surface area contributed by atoms with Crippen LogP contribution in [0.3, 0.4) is 0 Å². The van der Waals surface area contributed by atoms with Crippen LogP contribution in [0.1, 0.15) is 90.8 Å². The molecule has 0 aliphatic carbocycles. The quantitative estimate of drug-likeness (QED) is 0.0843. The summed E-state index contributed by atoms with van der Waals surface area (Å²) in [6, 6.07) is 27.1. The van der Waals surface area contributed by atoms with Gasteiger partial charge in [0.25, 0.3) is 0 Å². The molecule has 0 atom stereocenters. The molecule has 0 spiro atoms. The van der Waals surface area contributed by atoms with Crippen molar-refractivity contribution in [1.82, 2.24) is 9.97 Å². The molecule has 0 aliphatic heterocycles. The number of benzene rings is 4. The van der Waals surface area contributed by atoms with E-state index in [4.69, 9.17) is 4.42 Å². The minimum absolute atomic E-state index is 0. The standard InChI is InChI=1S/C33H29N2O.C13H24O2.Ir/c1-20-14-22(18-33(3,4)5)10-13-26(20)27-17-29-28(15-21(27)2)31-32(36-29)30(34-19-35-31)25-12-11-23-8-6-7-9-24(23)16-25;1-5-10(6-2)12(14)9-13(15)11(7-3)8-4;/h6-15,17,19H,18H2,1-5H3;9-11,14H,5-8H2,1-4H3;/q-1;;/b;12-9-;. The van der Waals surface area contributed by atoms with Crippen LogP contribution in [0.15, 0.2) is 89.3 Å². The zero-order chi connectivity index (χ0) is 36.9. The Kier molecular flexibility index (Phi) is 13.8. The van der Waals surface area contributed by atoms with Gasteiger partial charge in [-0.15, -0.1) is 29.7 Å². The molecule has 1 radical (unpaired) electrons. The van der Waals surface area contributed by atoms with Crippen LogP contribution in [0.2, 0.25) is 0 Å². The zero-order valence-corrected chi connectivity index (χ0v) is 34.6. The number of nitrogens with zero attached hydrogens (tertiary/aromatic N) is 2. The molecule has 2 heterocycles. The van der Waals surface area contributed by atoms with Crippen molar-refractivity contribution in [3.63, 3.8) is 0 Å². The first-order valence-electron chi connectivity index (χ1n) is 18.5. The molecule has 52 heavy (non-hydrogen) atoms. The number of furan rings is 1. The zero-order valence-electron chi connectivity index (χ0n) is 32.2. The van der Waals surface area contributed by atoms with Crippen LogP contribution in [-0.2, 0) is 31.3 Å². The number of aromatic nitrogens is 2. The molecule has 0 aliphatic rings. The molecule has 6 aromatic rings. The van der Waals surface area contributed by atoms with Gasteiger partial charge in [0.2, 0.25) is 0 Å². The van der Waals surface area contributed by atoms with Crippen molar-refractivity contribution in [2.24, 2.45) is 17.3 Å². The van der Waals surface area contributed by atoms with Crippen LogP contribution in [0.25, 0.3) is 55.2 Å². The average Bonchev–Trinajstić information content (AvgIpc) is 3.46. The van der Waals surface area contributed by atoms with Gasteiger partial charge < -0.3 is 9.52 Å². The Morgan fingerprint density at radius 1 is 0.846 bits per heavy atom. The summed E-state index contributed by atoms with van der Waals surface area (Å²) in [6.45, 7) is 19.3. The van der Waals surface area contributed by atoms with E-state index in [2.05, 4.69) is 105 Å². The van der Waals surface area contributed by atoms with E-state index in [1.165, 1.54) is 33.9 Å². The Labute approximate surface area is 323 Å². The fourth-order valence-electron chi connectivity index (χ4n) is 7.00. The van der Waals surface area contributed by atoms with E-state index in [1.807, 2.05) is 39.8 Å². The predicted octanol–water partition coefficient (Wildman–Crippen LogP) is 12.7. The summed E-state index contributed by atoms with van der Waals surface area (Å²) in [5, 5.41) is 13.0. The summed E-state index contributed by atoms with van der Waals surface area (Å²) >= 11 is 0. The summed E-state index contributed by atoms with van der Waals surface area (Å²) < 4.78 is 6.45. The number of ketones is 1. The predicted molar refractivity (Wildman–Crippen MR) is 213 cm³/mol. The monoisotopic (exact) mass is 874 g/mol. The minimum Gasteiger partial charge on any atom is -0.512 e. The second-order valence-electron chi connectivity index (χ2n) is 15.0. The summed E-state index contributed by atoms with van der Waals surface area (Å²) in [5.41, 5.74) is 10.6. The van der Waals surface area contributed by atoms with Crippen molar-refractivity contribution in [1.29, 1.82) is 0 Å². The fraction of sp³-hybridized carbons (Fsp3) is 0.370. The maximum Gasteiger partial charge on any atom is 0.162 e. The maximum absolute atomic E-state index is 11.7. The van der Waals surface area contributed by atoms with Crippen LogP contribution in [-0.4, -0.2) is 20.9 Å². The molecule has 0 saturated heterocycles. The molecule has 0 amide bonds. The van der Waals surface area contributed by atoms with E-state index in [-0.39, 0.29) is 48.9 Å². The van der Waals surface area contributed by atoms with Gasteiger partial charge in [0.05, 0.1) is 11.5 Å². The second kappa shape index (κ2) is 17.6. The Hall–Kier alpha value is -4.12. The van der Waals surface area contributed by atoms with Gasteiger partial charge in [0.1, 0.15) is 23.0 Å². The Bertz CT molecular complexity index is 2180. The molecular formula is C46H53IrN2O3-. The van der Waals surface area contributed by atoms with Crippen molar-refractivity contribution in [2.75, 3.05) is 0 Å². The SMILES string of the molecule is CCC(CC)C(=O)/C=C(\O)C(CC)CC.Cc1cc(CC(C)(C)C)ccc1-c1cc2oc3c(-c4[c-]c5ccccc5cc4)ncnc3c2cc1C.[Ir]. The fourth-order valence-corrected chi connectivity index (χ4v) is 7.00. The Balaban J connectivity index is 0.000000323. The summed E-state index contributed by atoms with van der Waals surface area (Å²) in [7, 11) is 0. The van der Waals surface area contributed by atoms with Gasteiger partial charge >= 0.3 is 0 Å². The number of fused-ring (bicyclic) bond motifs is 4. The molecule has 2 aromatic heterocycles. The molecule has 0 fully saturated rings. The molecule has 0 unspecified atom stereocenters. The van der Waals surface area contributed by atoms with Gasteiger partial charge in [0, 0.05) is 43.4 Å². The summed E-state index contributed by atoms with van der Waals surface area (Å²) in [5.74, 6) is 0.547. The van der Waals surface area contributed by atoms with Crippen LogP contribution in [0.5, 0.6) is 0 Å². The van der Waals surface area contributed by atoms with E-state index in [0.29, 0.717) is 5.58 Å². The molecule has 1 N–H and O–H groups in total. The third-order valence-electron chi connectivity index (χ3n) is 9.91. The second-order valence-corrected chi connectivity index (χ2v) is 15.0. The molecular weight excluding hydrogens is 821 g/mol. The van der Waals surface area contributed by atoms with Crippen LogP contribution < -0.4 is 0 Å². The topological polar surface area (TPSA) is 76.2 Å². The smallest absolute Gasteiger partial charge is 0.162 e. The number of hydrogen-bond donors (Lipinski definition) is 1. The summed E-state index contributed by atoms with van der Waals surface area (Å²) in [6.07, 6.45) is 7.59. The number of aryl methyl sites for hydroxylation is 2. The van der Waals surface area contributed by atoms with Crippen LogP contribution in [0, 0.1) is 37.2 Å². The molecule has 6 heteroatoms. The molecule has 5 nitrogen and oxygen atoms in total. The Morgan fingerprint density at radius 3 is 2.17 bits per heavy atom. The van der Waals surface area contributed by atoms with E-state index in [1.54, 1.807) is 6.33 Å². The molecule has 4 aromatic carbocycles. The van der Waals surface area contributed by atoms with Crippen molar-refractivity contribution in [2.45, 2.75) is 94.4 Å². The number of aliphatic hydroxyl groups is 1. The number of aliphatic hydroxyl groups excluding tert-OH is 1. The number of hydrogen-bond acceptors (Lipinski definition) is 5. The van der Waals surface area contributed by atoms with Gasteiger partial charge in [-0.05, 0) is 91.3 Å². The summed E-state index contributed by atoms with van der Waals surface area (Å²) in [4.78, 5) is 20.9. The van der Waals surface area contributed by atoms with E-state index < -0.39 is 0 Å². The number of carbonyl (C=O) groups excluding carboxylic acids is 1. The van der Waals surface area contributed by atoms with Crippen LogP contribution in [0.4, 0.5) is 0 Å². The normalized spacial score (nSPS) is 12.0. The molecule has 0 bridgehead atoms. The van der Waals surface area contributed by atoms with Gasteiger partial charge in [-0.25, -0.2) is 4.98 Å². The van der Waals surface area contributed by atoms with Gasteiger partial charge in [0.15, 0.2) is 5.78 Å². The third-order valence-corrected chi connectivity index (χ3v) is 9.91. The van der Waals surface area contributed by atoms with Gasteiger partial charge in [-0.3, -0.25) is 9.78 Å². The van der Waals surface area contributed by atoms with Gasteiger partial charge in [-0.2, -0.15) is 0 Å². The van der Waals surface area contributed by atoms with Crippen molar-refractivity contribution in [3.05, 3.63) is 108 Å². The van der Waals surface area contributed by atoms with Crippen molar-refractivity contribution >= 4 is 38.6 Å². The maximum atomic E-state index is 11.7. The van der Waals surface area contributed by atoms with Crippen molar-refractivity contribution < 1.29 is 34.4 Å². The number of carbonyl (C=O) groups is 1. The first kappa shape index (κ1) is 40.6. The van der Waals surface area contributed by atoms with Crippen molar-refractivity contribution in [3.8, 4) is 22.4 Å². The number of allylic oxidation sites excluding steroid dienone is 2. The molecule has 275 valence electrons. The third kappa shape index (κ3) is 9.26. The Morgan fingerprint density at radius 2 is 1.52 bits per heavy atom. The molecule has 6 rings (SSSR count).